The molecule has 170 valence electrons. The average molecular weight is 495 g/mol. The van der Waals surface area contributed by atoms with E-state index in [2.05, 4.69) is 4.98 Å². The molecule has 4 rings (SSSR count). The van der Waals surface area contributed by atoms with Crippen molar-refractivity contribution in [2.75, 3.05) is 0 Å². The highest BCUT2D eigenvalue weighted by atomic mass is 35.5. The first-order valence-corrected chi connectivity index (χ1v) is 10.5. The Morgan fingerprint density at radius 1 is 1.24 bits per heavy atom. The number of carbonyl (C=O) groups excluding carboxylic acids is 4. The van der Waals surface area contributed by atoms with Crippen molar-refractivity contribution >= 4 is 57.7 Å². The first-order chi connectivity index (χ1) is 15.6. The molecular formula is C20H12ClFN2O8S. The number of rotatable bonds is 5. The summed E-state index contributed by atoms with van der Waals surface area (Å²) < 4.78 is 24.5. The number of esters is 1. The lowest BCUT2D eigenvalue weighted by Gasteiger charge is -2.11. The number of thiazole rings is 1. The normalized spacial score (nSPS) is 13.6. The molecule has 1 aliphatic heterocycles. The molecule has 3 aromatic rings. The van der Waals surface area contributed by atoms with Crippen LogP contribution in [-0.4, -0.2) is 33.8 Å². The Hall–Kier alpha value is -3.64. The fraction of sp³-hybridized carbons (Fsp3) is 0.200. The molecule has 0 aliphatic carbocycles. The second-order valence-corrected chi connectivity index (χ2v) is 8.34. The molecule has 1 saturated heterocycles. The Bertz CT molecular complexity index is 1380. The van der Waals surface area contributed by atoms with Crippen molar-refractivity contribution in [1.29, 1.82) is 0 Å². The first kappa shape index (κ1) is 22.6. The fourth-order valence-corrected chi connectivity index (χ4v) is 4.15. The molecular weight excluding hydrogens is 483 g/mol. The molecule has 13 heteroatoms. The van der Waals surface area contributed by atoms with Gasteiger partial charge < -0.3 is 14.0 Å². The van der Waals surface area contributed by atoms with Crippen LogP contribution in [0.15, 0.2) is 27.5 Å². The van der Waals surface area contributed by atoms with E-state index in [0.29, 0.717) is 9.94 Å². The number of hydroxylamine groups is 2. The van der Waals surface area contributed by atoms with Gasteiger partial charge in [0.1, 0.15) is 5.01 Å². The number of benzene rings is 1. The van der Waals surface area contributed by atoms with Gasteiger partial charge in [-0.3, -0.25) is 14.4 Å². The number of ether oxygens (including phenoxy) is 1. The maximum absolute atomic E-state index is 14.7. The maximum atomic E-state index is 14.7. The predicted molar refractivity (Wildman–Crippen MR) is 111 cm³/mol. The van der Waals surface area contributed by atoms with E-state index in [9.17, 15) is 28.4 Å². The van der Waals surface area contributed by atoms with Gasteiger partial charge in [-0.25, -0.2) is 14.6 Å². The highest BCUT2D eigenvalue weighted by Crippen LogP contribution is 2.35. The van der Waals surface area contributed by atoms with Gasteiger partial charge in [0.15, 0.2) is 11.3 Å². The van der Waals surface area contributed by atoms with E-state index in [1.165, 1.54) is 18.3 Å². The van der Waals surface area contributed by atoms with Gasteiger partial charge in [0.25, 0.3) is 11.8 Å². The Morgan fingerprint density at radius 3 is 2.61 bits per heavy atom. The van der Waals surface area contributed by atoms with Crippen LogP contribution in [0.3, 0.4) is 0 Å². The zero-order chi connectivity index (χ0) is 23.9. The third-order valence-corrected chi connectivity index (χ3v) is 5.73. The van der Waals surface area contributed by atoms with E-state index < -0.39 is 46.5 Å². The highest BCUT2D eigenvalue weighted by molar-refractivity contribution is 7.15. The van der Waals surface area contributed by atoms with Crippen LogP contribution < -0.4 is 10.4 Å². The lowest BCUT2D eigenvalue weighted by Crippen LogP contribution is -2.32. The van der Waals surface area contributed by atoms with E-state index in [0.717, 1.165) is 18.3 Å². The predicted octanol–water partition coefficient (Wildman–Crippen LogP) is 2.78. The number of halogens is 2. The highest BCUT2D eigenvalue weighted by Gasteiger charge is 2.33. The molecule has 3 heterocycles. The van der Waals surface area contributed by atoms with Crippen LogP contribution in [0.2, 0.25) is 5.02 Å². The minimum absolute atomic E-state index is 0.0206. The summed E-state index contributed by atoms with van der Waals surface area (Å²) in [5, 5.41) is 0.515. The molecule has 0 N–H and O–H groups in total. The summed E-state index contributed by atoms with van der Waals surface area (Å²) in [5.74, 6) is -4.53. The summed E-state index contributed by atoms with van der Waals surface area (Å²) >= 11 is 6.95. The van der Waals surface area contributed by atoms with Crippen molar-refractivity contribution in [3.8, 4) is 16.3 Å². The molecule has 10 nitrogen and oxygen atoms in total. The molecule has 0 saturated carbocycles. The van der Waals surface area contributed by atoms with Gasteiger partial charge in [-0.15, -0.1) is 16.4 Å². The van der Waals surface area contributed by atoms with E-state index in [1.807, 2.05) is 0 Å². The van der Waals surface area contributed by atoms with Crippen molar-refractivity contribution in [2.24, 2.45) is 0 Å². The van der Waals surface area contributed by atoms with Crippen LogP contribution in [0.25, 0.3) is 21.5 Å². The zero-order valence-electron chi connectivity index (χ0n) is 16.7. The average Bonchev–Trinajstić information content (AvgIpc) is 3.33. The quantitative estimate of drug-likeness (QED) is 0.227. The van der Waals surface area contributed by atoms with Crippen molar-refractivity contribution < 1.29 is 37.6 Å². The van der Waals surface area contributed by atoms with Crippen LogP contribution in [0.1, 0.15) is 24.6 Å². The second kappa shape index (κ2) is 8.71. The largest absolute Gasteiger partial charge is 0.422 e. The molecule has 0 bridgehead atoms. The van der Waals surface area contributed by atoms with Crippen molar-refractivity contribution in [3.63, 3.8) is 0 Å². The summed E-state index contributed by atoms with van der Waals surface area (Å²) in [7, 11) is 0. The SMILES string of the molecule is CC(=O)Oc1c(Cl)cc2cc(-c3ncc(CC(=O)ON4C(=O)CCC4=O)s3)c(=O)oc2c1F. The molecule has 0 atom stereocenters. The number of hydrogen-bond donors (Lipinski definition) is 0. The number of carbonyl (C=O) groups is 4. The fourth-order valence-electron chi connectivity index (χ4n) is 3.01. The zero-order valence-corrected chi connectivity index (χ0v) is 18.3. The third kappa shape index (κ3) is 4.47. The molecule has 0 spiro atoms. The first-order valence-electron chi connectivity index (χ1n) is 9.30. The standard InChI is InChI=1S/C20H12ClFN2O8S/c1-8(25)30-18-12(21)5-9-4-11(20(29)31-17(9)16(18)22)19-23-7-10(33-19)6-15(28)32-24-13(26)2-3-14(24)27/h4-5,7H,2-3,6H2,1H3. The van der Waals surface area contributed by atoms with Gasteiger partial charge in [-0.2, -0.15) is 4.39 Å². The molecule has 33 heavy (non-hydrogen) atoms. The number of hydrogen-bond acceptors (Lipinski definition) is 10. The second-order valence-electron chi connectivity index (χ2n) is 6.81. The lowest BCUT2D eigenvalue weighted by molar-refractivity contribution is -0.196. The van der Waals surface area contributed by atoms with Gasteiger partial charge in [0.2, 0.25) is 5.82 Å². The monoisotopic (exact) mass is 494 g/mol. The summed E-state index contributed by atoms with van der Waals surface area (Å²) in [5.41, 5.74) is -1.40. The minimum atomic E-state index is -1.11. The minimum Gasteiger partial charge on any atom is -0.422 e. The summed E-state index contributed by atoms with van der Waals surface area (Å²) in [4.78, 5) is 68.0. The molecule has 0 unspecified atom stereocenters. The van der Waals surface area contributed by atoms with E-state index in [1.54, 1.807) is 0 Å². The van der Waals surface area contributed by atoms with Gasteiger partial charge in [0.05, 0.1) is 17.0 Å². The van der Waals surface area contributed by atoms with Gasteiger partial charge >= 0.3 is 17.6 Å². The van der Waals surface area contributed by atoms with Crippen molar-refractivity contribution in [2.45, 2.75) is 26.2 Å². The van der Waals surface area contributed by atoms with Gasteiger partial charge in [-0.1, -0.05) is 11.6 Å². The number of amides is 2. The lowest BCUT2D eigenvalue weighted by atomic mass is 10.1. The van der Waals surface area contributed by atoms with Crippen molar-refractivity contribution in [1.82, 2.24) is 10.0 Å². The Labute approximate surface area is 192 Å². The van der Waals surface area contributed by atoms with Crippen molar-refractivity contribution in [3.05, 3.63) is 44.5 Å². The third-order valence-electron chi connectivity index (χ3n) is 4.42. The van der Waals surface area contributed by atoms with E-state index >= 15 is 0 Å². The molecule has 0 radical (unpaired) electrons. The smallest absolute Gasteiger partial charge is 0.346 e. The summed E-state index contributed by atoms with van der Waals surface area (Å²) in [6, 6.07) is 2.57. The number of nitrogens with zero attached hydrogens (tertiary/aromatic N) is 2. The number of fused-ring (bicyclic) bond motifs is 1. The number of aromatic nitrogens is 1. The van der Waals surface area contributed by atoms with Crippen LogP contribution in [0.4, 0.5) is 4.39 Å². The molecule has 2 aromatic heterocycles. The van der Waals surface area contributed by atoms with Crippen LogP contribution in [0.5, 0.6) is 5.75 Å². The van der Waals surface area contributed by atoms with E-state index in [4.69, 9.17) is 25.6 Å². The van der Waals surface area contributed by atoms with Gasteiger partial charge in [0, 0.05) is 36.2 Å². The molecule has 1 aromatic carbocycles. The van der Waals surface area contributed by atoms with Crippen LogP contribution in [-0.2, 0) is 30.4 Å². The van der Waals surface area contributed by atoms with E-state index in [-0.39, 0.29) is 40.2 Å². The summed E-state index contributed by atoms with van der Waals surface area (Å²) in [6.45, 7) is 1.07. The summed E-state index contributed by atoms with van der Waals surface area (Å²) in [6.07, 6.45) is 0.957. The van der Waals surface area contributed by atoms with Gasteiger partial charge in [-0.05, 0) is 12.1 Å². The van der Waals surface area contributed by atoms with Crippen LogP contribution >= 0.6 is 22.9 Å². The van der Waals surface area contributed by atoms with Crippen LogP contribution in [0, 0.1) is 5.82 Å². The topological polar surface area (TPSA) is 133 Å². The Kier molecular flexibility index (Phi) is 5.95. The maximum Gasteiger partial charge on any atom is 0.346 e. The Morgan fingerprint density at radius 2 is 1.94 bits per heavy atom. The molecule has 1 aliphatic rings. The molecule has 1 fully saturated rings. The molecule has 2 amide bonds. The number of imide groups is 1. The Balaban J connectivity index is 1.59.